The van der Waals surface area contributed by atoms with Crippen LogP contribution in [0.1, 0.15) is 50.5 Å². The molecule has 0 atom stereocenters. The van der Waals surface area contributed by atoms with Gasteiger partial charge < -0.3 is 39.9 Å². The molecule has 0 saturated carbocycles. The number of aryl methyl sites for hydroxylation is 6. The maximum atomic E-state index is 9.23. The molecule has 8 aromatic heterocycles. The zero-order chi connectivity index (χ0) is 97.3. The Bertz CT molecular complexity index is 7500. The third-order valence-electron chi connectivity index (χ3n) is 21.8. The van der Waals surface area contributed by atoms with E-state index in [9.17, 15) is 5.26 Å². The van der Waals surface area contributed by atoms with Crippen LogP contribution in [0.5, 0.6) is 0 Å². The van der Waals surface area contributed by atoms with Gasteiger partial charge in [-0.2, -0.15) is 15.8 Å². The molecule has 0 bridgehead atoms. The Morgan fingerprint density at radius 2 is 0.562 bits per heavy atom. The maximum absolute atomic E-state index is 9.23. The summed E-state index contributed by atoms with van der Waals surface area (Å²) in [5.74, 6) is 0. The Morgan fingerprint density at radius 3 is 0.924 bits per heavy atom. The van der Waals surface area contributed by atoms with Crippen LogP contribution in [0.25, 0.3) is 151 Å². The summed E-state index contributed by atoms with van der Waals surface area (Å²) < 4.78 is 0. The molecule has 12 nitrogen and oxygen atoms in total. The molecule has 0 unspecified atom stereocenters. The van der Waals surface area contributed by atoms with Gasteiger partial charge in [0.25, 0.3) is 0 Å². The van der Waals surface area contributed by atoms with Crippen LogP contribution in [-0.2, 0) is 80.4 Å². The second-order valence-electron chi connectivity index (χ2n) is 31.8. The van der Waals surface area contributed by atoms with Crippen molar-refractivity contribution in [2.45, 2.75) is 41.5 Å². The van der Waals surface area contributed by atoms with Crippen molar-refractivity contribution in [1.29, 1.82) is 15.8 Å². The molecule has 16 heteroatoms. The second-order valence-corrected chi connectivity index (χ2v) is 31.8. The molecule has 0 amide bonds. The van der Waals surface area contributed by atoms with Gasteiger partial charge in [-0.25, -0.2) is 4.85 Å². The molecule has 144 heavy (non-hydrogen) atoms. The number of benzene rings is 13. The normalized spacial score (nSPS) is 9.76. The van der Waals surface area contributed by atoms with E-state index in [1.807, 2.05) is 416 Å². The Kier molecular flexibility index (Phi) is 44.1. The predicted molar refractivity (Wildman–Crippen MR) is 564 cm³/mol. The van der Waals surface area contributed by atoms with Gasteiger partial charge in [-0.3, -0.25) is 0 Å². The van der Waals surface area contributed by atoms with Crippen LogP contribution in [-0.4, -0.2) is 39.9 Å². The van der Waals surface area contributed by atoms with Crippen LogP contribution >= 0.6 is 0 Å². The molecule has 0 aliphatic carbocycles. The van der Waals surface area contributed by atoms with Gasteiger partial charge in [0, 0.05) is 151 Å². The van der Waals surface area contributed by atoms with Crippen molar-refractivity contribution in [2.75, 3.05) is 0 Å². The number of aromatic nitrogens is 8. The first-order valence-electron chi connectivity index (χ1n) is 45.2. The van der Waals surface area contributed by atoms with Gasteiger partial charge in [0.15, 0.2) is 5.69 Å². The monoisotopic (exact) mass is 2570 g/mol. The third kappa shape index (κ3) is 32.3. The van der Waals surface area contributed by atoms with Gasteiger partial charge >= 0.3 is 0 Å². The number of nitriles is 3. The molecule has 0 saturated heterocycles. The summed E-state index contributed by atoms with van der Waals surface area (Å²) in [6.45, 7) is 19.1. The van der Waals surface area contributed by atoms with Gasteiger partial charge in [-0.05, 0) is 187 Å². The van der Waals surface area contributed by atoms with E-state index in [-0.39, 0.29) is 80.4 Å². The Balaban J connectivity index is 0.000000169. The molecule has 21 aromatic rings. The van der Waals surface area contributed by atoms with Gasteiger partial charge in [-0.1, -0.05) is 176 Å². The fourth-order valence-corrected chi connectivity index (χ4v) is 14.7. The van der Waals surface area contributed by atoms with Gasteiger partial charge in [-0.15, -0.1) is 286 Å². The van der Waals surface area contributed by atoms with Crippen LogP contribution in [0.4, 0.5) is 5.69 Å². The number of hydrogen-bond donors (Lipinski definition) is 0. The minimum atomic E-state index is 0. The first-order valence-corrected chi connectivity index (χ1v) is 45.2. The Morgan fingerprint density at radius 1 is 0.229 bits per heavy atom. The van der Waals surface area contributed by atoms with Crippen molar-refractivity contribution in [2.24, 2.45) is 0 Å². The largest absolute Gasteiger partial charge is 0.305 e. The molecule has 0 spiro atoms. The first-order chi connectivity index (χ1) is 68.7. The summed E-state index contributed by atoms with van der Waals surface area (Å²) in [7, 11) is 0. The van der Waals surface area contributed by atoms with Crippen LogP contribution in [0.15, 0.2) is 450 Å². The zero-order valence-corrected chi connectivity index (χ0v) is 89.0. The quantitative estimate of drug-likeness (QED) is 0.100. The molecule has 21 rings (SSSR count). The summed E-state index contributed by atoms with van der Waals surface area (Å²) in [6, 6.07) is 168. The molecule has 0 aliphatic heterocycles. The van der Waals surface area contributed by atoms with Gasteiger partial charge in [0.2, 0.25) is 0 Å². The topological polar surface area (TPSA) is 179 Å². The van der Waals surface area contributed by atoms with E-state index >= 15 is 0 Å². The minimum absolute atomic E-state index is 0. The van der Waals surface area contributed by atoms with Crippen LogP contribution in [0.3, 0.4) is 0 Å². The van der Waals surface area contributed by atoms with E-state index in [0.29, 0.717) is 22.4 Å². The minimum Gasteiger partial charge on any atom is -0.305 e. The van der Waals surface area contributed by atoms with Crippen molar-refractivity contribution < 1.29 is 80.4 Å². The predicted octanol–water partition coefficient (Wildman–Crippen LogP) is 30.7. The zero-order valence-electron chi connectivity index (χ0n) is 79.4. The van der Waals surface area contributed by atoms with Crippen molar-refractivity contribution in [3.8, 4) is 164 Å². The van der Waals surface area contributed by atoms with E-state index in [0.717, 1.165) is 168 Å². The molecular formula is C128H92Ir4N12-8. The van der Waals surface area contributed by atoms with Gasteiger partial charge in [0.05, 0.1) is 41.5 Å². The fraction of sp³-hybridized carbons (Fsp3) is 0.0469. The van der Waals surface area contributed by atoms with E-state index < -0.39 is 0 Å². The second kappa shape index (κ2) is 58.0. The number of pyridine rings is 8. The van der Waals surface area contributed by atoms with E-state index in [2.05, 4.69) is 168 Å². The molecule has 13 aromatic carbocycles. The number of hydrogen-bond acceptors (Lipinski definition) is 11. The average molecular weight is 2570 g/mol. The summed E-state index contributed by atoms with van der Waals surface area (Å²) >= 11 is 0. The standard InChI is InChI=1S/3C19H13N2.C18H11N2.C17H12N.3C12H10N.4Ir/c1-14-10-19(16-7-3-2-4-8-16)21-13-18(14)17-9-5-6-15(11-17)12-20;1-14-11-19(15-7-3-2-4-8-15)21-13-18(14)17-10-6-5-9-16(17)12-20;1-14-11-19(17-5-3-2-4-6-17)21-13-18(14)16-9-7-15(12-20)8-10-16;1-19-17-10-8-14(9-11-17)15-5-4-6-16(13-15)18-7-2-3-12-20-18;1-2-7-14(8-3-1)15-9-6-10-16(13-15)17-11-4-5-12-18-17;3*1-10-6-5-9-12(13-10)11-7-3-2-4-8-11;;;;/h2*2-7,9-11,13H,1H3;2-5,7-11,13H,1H3;2-5,7-13H;1-9,11-13H;3*2-7,9H,1H3;;;;/q8*-1;;;;. The van der Waals surface area contributed by atoms with Crippen LogP contribution in [0, 0.1) is 131 Å². The smallest absolute Gasteiger partial charge is 0.187 e. The summed E-state index contributed by atoms with van der Waals surface area (Å²) in [6.07, 6.45) is 9.16. The summed E-state index contributed by atoms with van der Waals surface area (Å²) in [5, 5.41) is 27.1. The van der Waals surface area contributed by atoms with E-state index in [4.69, 9.17) is 17.1 Å². The Hall–Kier alpha value is -16.4. The van der Waals surface area contributed by atoms with E-state index in [1.54, 1.807) is 18.5 Å². The SMILES string of the molecule is Cc1cc(-c2[c-]cccc2)ncc1-c1ccc(C#N)cc1.Cc1cc(-c2[c-]cccc2)ncc1-c1cccc(C#N)c1.Cc1cc(-c2[c-]cccc2)ncc1-c1ccccc1C#N.Cc1cccc(-c2[c-]cccc2)n1.Cc1cccc(-c2[c-]cccc2)n1.Cc1cccc(-c2[c-]cccc2)n1.[C-]#[N+]c1ccc(-c2cc[c-]c(-c3ccccn3)c2)cc1.[Ir].[Ir].[Ir].[Ir].[c-]1ccc(-c2ccccc2)cc1-c1ccccn1. The number of nitrogens with zero attached hydrogens (tertiary/aromatic N) is 12. The summed E-state index contributed by atoms with van der Waals surface area (Å²) in [4.78, 5) is 38.9. The number of rotatable bonds is 13. The molecule has 0 N–H and O–H groups in total. The molecule has 8 heterocycles. The van der Waals surface area contributed by atoms with Gasteiger partial charge in [0.1, 0.15) is 0 Å². The van der Waals surface area contributed by atoms with E-state index in [1.165, 1.54) is 11.1 Å². The van der Waals surface area contributed by atoms with Crippen molar-refractivity contribution in [1.82, 2.24) is 39.9 Å². The Labute approximate surface area is 899 Å². The molecule has 0 aliphatic rings. The van der Waals surface area contributed by atoms with Crippen LogP contribution < -0.4 is 0 Å². The fourth-order valence-electron chi connectivity index (χ4n) is 14.7. The van der Waals surface area contributed by atoms with Crippen molar-refractivity contribution in [3.63, 3.8) is 0 Å². The van der Waals surface area contributed by atoms with Crippen molar-refractivity contribution >= 4 is 5.69 Å². The van der Waals surface area contributed by atoms with Crippen LogP contribution in [0.2, 0.25) is 0 Å². The molecular weight excluding hydrogens is 2470 g/mol. The van der Waals surface area contributed by atoms with Crippen molar-refractivity contribution in [3.05, 3.63) is 560 Å². The molecule has 0 fully saturated rings. The molecule has 708 valence electrons. The maximum Gasteiger partial charge on any atom is 0.187 e. The summed E-state index contributed by atoms with van der Waals surface area (Å²) in [5.41, 5.74) is 35.5. The average Bonchev–Trinajstić information content (AvgIpc) is 0.779. The molecule has 4 radical (unpaired) electrons. The third-order valence-corrected chi connectivity index (χ3v) is 21.8. The first kappa shape index (κ1) is 110.